The van der Waals surface area contributed by atoms with Crippen LogP contribution in [0.15, 0.2) is 0 Å². The third kappa shape index (κ3) is 3.00. The molecule has 0 aromatic carbocycles. The molecule has 7 nitrogen and oxygen atoms in total. The summed E-state index contributed by atoms with van der Waals surface area (Å²) in [6.45, 7) is 2.33. The fraction of sp³-hybridized carbons (Fsp3) is 0.900. The molecule has 0 saturated carbocycles. The molecule has 8 heteroatoms. The van der Waals surface area contributed by atoms with Gasteiger partial charge in [0.2, 0.25) is 0 Å². The summed E-state index contributed by atoms with van der Waals surface area (Å²) in [5, 5.41) is 9.09. The van der Waals surface area contributed by atoms with Gasteiger partial charge >= 0.3 is 5.97 Å². The van der Waals surface area contributed by atoms with Crippen LogP contribution in [-0.4, -0.2) is 68.0 Å². The lowest BCUT2D eigenvalue weighted by Gasteiger charge is -2.31. The average Bonchev–Trinajstić information content (AvgIpc) is 2.73. The number of carboxylic acid groups (broad SMARTS) is 1. The summed E-state index contributed by atoms with van der Waals surface area (Å²) < 4.78 is 31.8. The molecular weight excluding hydrogens is 260 g/mol. The number of carbonyl (C=O) groups is 1. The van der Waals surface area contributed by atoms with Crippen molar-refractivity contribution >= 4 is 16.2 Å². The minimum Gasteiger partial charge on any atom is -0.481 e. The van der Waals surface area contributed by atoms with Crippen LogP contribution in [0.1, 0.15) is 13.3 Å². The van der Waals surface area contributed by atoms with Crippen molar-refractivity contribution in [1.82, 2.24) is 8.61 Å². The van der Waals surface area contributed by atoms with Crippen LogP contribution in [0.3, 0.4) is 0 Å². The summed E-state index contributed by atoms with van der Waals surface area (Å²) in [5.74, 6) is -1.82. The van der Waals surface area contributed by atoms with Crippen molar-refractivity contribution in [3.63, 3.8) is 0 Å². The Morgan fingerprint density at radius 3 is 2.44 bits per heavy atom. The predicted octanol–water partition coefficient (Wildman–Crippen LogP) is -0.396. The average molecular weight is 280 g/mol. The van der Waals surface area contributed by atoms with Gasteiger partial charge in [0.1, 0.15) is 0 Å². The lowest BCUT2D eigenvalue weighted by atomic mass is 10.0. The molecular formula is C10H20N2O5S. The molecule has 2 unspecified atom stereocenters. The van der Waals surface area contributed by atoms with E-state index in [4.69, 9.17) is 9.84 Å². The van der Waals surface area contributed by atoms with E-state index >= 15 is 0 Å². The van der Waals surface area contributed by atoms with Crippen LogP contribution in [0.4, 0.5) is 0 Å². The maximum Gasteiger partial charge on any atom is 0.310 e. The zero-order chi connectivity index (χ0) is 13.9. The molecule has 0 bridgehead atoms. The van der Waals surface area contributed by atoms with Crippen molar-refractivity contribution in [2.45, 2.75) is 19.4 Å². The molecule has 2 atom stereocenters. The van der Waals surface area contributed by atoms with E-state index in [1.165, 1.54) is 18.4 Å². The molecule has 106 valence electrons. The van der Waals surface area contributed by atoms with Gasteiger partial charge in [0.25, 0.3) is 10.2 Å². The van der Waals surface area contributed by atoms with E-state index in [1.54, 1.807) is 0 Å². The highest BCUT2D eigenvalue weighted by molar-refractivity contribution is 7.86. The fourth-order valence-corrected chi connectivity index (χ4v) is 3.33. The molecule has 18 heavy (non-hydrogen) atoms. The van der Waals surface area contributed by atoms with E-state index in [9.17, 15) is 13.2 Å². The topological polar surface area (TPSA) is 87.1 Å². The Hall–Kier alpha value is -0.700. The second-order valence-electron chi connectivity index (χ2n) is 4.45. The lowest BCUT2D eigenvalue weighted by Crippen LogP contribution is -2.50. The van der Waals surface area contributed by atoms with Crippen molar-refractivity contribution in [3.8, 4) is 0 Å². The Morgan fingerprint density at radius 1 is 1.39 bits per heavy atom. The minimum atomic E-state index is -3.63. The van der Waals surface area contributed by atoms with E-state index in [1.807, 2.05) is 6.92 Å². The van der Waals surface area contributed by atoms with E-state index in [0.29, 0.717) is 13.0 Å². The molecule has 1 rings (SSSR count). The molecule has 1 aliphatic heterocycles. The summed E-state index contributed by atoms with van der Waals surface area (Å²) in [4.78, 5) is 11.1. The van der Waals surface area contributed by atoms with E-state index in [0.717, 1.165) is 4.31 Å². The Bertz CT molecular complexity index is 395. The summed E-state index contributed by atoms with van der Waals surface area (Å²) in [5.41, 5.74) is 0. The van der Waals surface area contributed by atoms with Gasteiger partial charge in [0.05, 0.1) is 25.2 Å². The molecule has 0 amide bonds. The van der Waals surface area contributed by atoms with Gasteiger partial charge in [-0.2, -0.15) is 17.0 Å². The van der Waals surface area contributed by atoms with Crippen LogP contribution in [-0.2, 0) is 19.7 Å². The Balaban J connectivity index is 3.02. The Morgan fingerprint density at radius 2 is 2.00 bits per heavy atom. The van der Waals surface area contributed by atoms with Crippen molar-refractivity contribution in [2.24, 2.45) is 5.92 Å². The van der Waals surface area contributed by atoms with Crippen LogP contribution >= 0.6 is 0 Å². The van der Waals surface area contributed by atoms with Gasteiger partial charge in [-0.15, -0.1) is 0 Å². The molecule has 0 spiro atoms. The highest BCUT2D eigenvalue weighted by Gasteiger charge is 2.43. The number of rotatable bonds is 6. The molecule has 0 aromatic heterocycles. The van der Waals surface area contributed by atoms with Crippen LogP contribution in [0.25, 0.3) is 0 Å². The van der Waals surface area contributed by atoms with Crippen LogP contribution in [0.2, 0.25) is 0 Å². The molecule has 1 fully saturated rings. The minimum absolute atomic E-state index is 0.0587. The van der Waals surface area contributed by atoms with Gasteiger partial charge < -0.3 is 9.84 Å². The van der Waals surface area contributed by atoms with Crippen molar-refractivity contribution in [1.29, 1.82) is 0 Å². The smallest absolute Gasteiger partial charge is 0.310 e. The van der Waals surface area contributed by atoms with E-state index in [-0.39, 0.29) is 13.2 Å². The van der Waals surface area contributed by atoms with E-state index < -0.39 is 28.1 Å². The first kappa shape index (κ1) is 15.4. The number of hydrogen-bond acceptors (Lipinski definition) is 4. The number of hydrogen-bond donors (Lipinski definition) is 1. The van der Waals surface area contributed by atoms with Gasteiger partial charge in [-0.05, 0) is 6.42 Å². The first-order valence-corrected chi connectivity index (χ1v) is 7.21. The molecule has 1 aliphatic rings. The number of nitrogens with zero attached hydrogens (tertiary/aromatic N) is 2. The monoisotopic (exact) mass is 280 g/mol. The molecule has 1 N–H and O–H groups in total. The summed E-state index contributed by atoms with van der Waals surface area (Å²) >= 11 is 0. The van der Waals surface area contributed by atoms with Crippen LogP contribution in [0, 0.1) is 5.92 Å². The van der Waals surface area contributed by atoms with Crippen molar-refractivity contribution in [3.05, 3.63) is 0 Å². The summed E-state index contributed by atoms with van der Waals surface area (Å²) in [7, 11) is -0.759. The fourth-order valence-electron chi connectivity index (χ4n) is 1.95. The Kier molecular flexibility index (Phi) is 5.09. The SMILES string of the molecule is CCCN(C1COCC1C(=O)O)S(=O)(=O)N(C)C. The first-order chi connectivity index (χ1) is 8.32. The normalized spacial score (nSPS) is 24.9. The standard InChI is InChI=1S/C10H20N2O5S/c1-4-5-12(18(15,16)11(2)3)9-7-17-6-8(9)10(13)14/h8-9H,4-7H2,1-3H3,(H,13,14). The second-order valence-corrected chi connectivity index (χ2v) is 6.55. The van der Waals surface area contributed by atoms with Crippen molar-refractivity contribution < 1.29 is 23.1 Å². The van der Waals surface area contributed by atoms with Gasteiger partial charge in [-0.3, -0.25) is 4.79 Å². The maximum atomic E-state index is 12.2. The molecule has 0 aromatic rings. The molecule has 1 heterocycles. The predicted molar refractivity (Wildman–Crippen MR) is 65.3 cm³/mol. The van der Waals surface area contributed by atoms with Gasteiger partial charge in [0.15, 0.2) is 0 Å². The molecule has 1 saturated heterocycles. The molecule has 0 radical (unpaired) electrons. The third-order valence-electron chi connectivity index (χ3n) is 2.94. The van der Waals surface area contributed by atoms with Crippen LogP contribution < -0.4 is 0 Å². The first-order valence-electron chi connectivity index (χ1n) is 5.82. The Labute approximate surface area is 108 Å². The lowest BCUT2D eigenvalue weighted by molar-refractivity contribution is -0.142. The van der Waals surface area contributed by atoms with Crippen molar-refractivity contribution in [2.75, 3.05) is 33.9 Å². The number of carboxylic acids is 1. The highest BCUT2D eigenvalue weighted by Crippen LogP contribution is 2.23. The van der Waals surface area contributed by atoms with Gasteiger partial charge in [-0.1, -0.05) is 6.92 Å². The molecule has 0 aliphatic carbocycles. The summed E-state index contributed by atoms with van der Waals surface area (Å²) in [6.07, 6.45) is 0.621. The number of aliphatic carboxylic acids is 1. The highest BCUT2D eigenvalue weighted by atomic mass is 32.2. The summed E-state index contributed by atoms with van der Waals surface area (Å²) in [6, 6.07) is -0.630. The maximum absolute atomic E-state index is 12.2. The second kappa shape index (κ2) is 5.96. The third-order valence-corrected chi connectivity index (χ3v) is 4.91. The zero-order valence-electron chi connectivity index (χ0n) is 10.9. The van der Waals surface area contributed by atoms with Gasteiger partial charge in [0, 0.05) is 20.6 Å². The largest absolute Gasteiger partial charge is 0.481 e. The number of ether oxygens (including phenoxy) is 1. The van der Waals surface area contributed by atoms with Gasteiger partial charge in [-0.25, -0.2) is 0 Å². The zero-order valence-corrected chi connectivity index (χ0v) is 11.7. The van der Waals surface area contributed by atoms with Crippen LogP contribution in [0.5, 0.6) is 0 Å². The van der Waals surface area contributed by atoms with E-state index in [2.05, 4.69) is 0 Å². The quantitative estimate of drug-likeness (QED) is 0.715.